The number of hydrogen-bond acceptors (Lipinski definition) is 1. The second-order valence-electron chi connectivity index (χ2n) is 7.53. The molecule has 3 nitrogen and oxygen atoms in total. The van der Waals surface area contributed by atoms with Gasteiger partial charge in [0.2, 0.25) is 0 Å². The van der Waals surface area contributed by atoms with Gasteiger partial charge in [-0.2, -0.15) is 0 Å². The Balaban J connectivity index is 1.49. The van der Waals surface area contributed by atoms with Crippen LogP contribution < -0.4 is 0 Å². The normalized spacial score (nSPS) is 15.6. The van der Waals surface area contributed by atoms with E-state index in [0.717, 1.165) is 28.9 Å². The molecule has 5 rings (SSSR count). The molecule has 0 fully saturated rings. The van der Waals surface area contributed by atoms with Crippen LogP contribution in [0.15, 0.2) is 97.2 Å². The molecule has 1 aromatic heterocycles. The number of aromatic nitrogens is 1. The molecule has 0 saturated carbocycles. The minimum absolute atomic E-state index is 0.0451. The number of amides is 1. The highest BCUT2D eigenvalue weighted by Gasteiger charge is 2.32. The SMILES string of the molecule is O=C(c1ccc(-c2ccccc2)cc1)N1CCn2cccc2[C@@H]1c1cccc(F)c1. The highest BCUT2D eigenvalue weighted by atomic mass is 19.1. The van der Waals surface area contributed by atoms with Crippen molar-refractivity contribution in [3.63, 3.8) is 0 Å². The summed E-state index contributed by atoms with van der Waals surface area (Å²) in [7, 11) is 0. The van der Waals surface area contributed by atoms with Gasteiger partial charge in [-0.3, -0.25) is 4.79 Å². The Kier molecular flexibility index (Phi) is 4.68. The molecule has 0 bridgehead atoms. The van der Waals surface area contributed by atoms with Crippen molar-refractivity contribution in [2.45, 2.75) is 12.6 Å². The molecule has 2 heterocycles. The second-order valence-corrected chi connectivity index (χ2v) is 7.53. The Hall–Kier alpha value is -3.66. The van der Waals surface area contributed by atoms with Crippen molar-refractivity contribution < 1.29 is 9.18 Å². The van der Waals surface area contributed by atoms with Crippen LogP contribution in [0.3, 0.4) is 0 Å². The molecule has 3 aromatic carbocycles. The summed E-state index contributed by atoms with van der Waals surface area (Å²) >= 11 is 0. The van der Waals surface area contributed by atoms with E-state index in [0.29, 0.717) is 12.1 Å². The molecular formula is C26H21FN2O. The molecule has 1 amide bonds. The summed E-state index contributed by atoms with van der Waals surface area (Å²) in [6, 6.07) is 28.0. The minimum atomic E-state index is -0.314. The fourth-order valence-electron chi connectivity index (χ4n) is 4.23. The van der Waals surface area contributed by atoms with Crippen molar-refractivity contribution in [1.82, 2.24) is 9.47 Å². The van der Waals surface area contributed by atoms with Gasteiger partial charge in [-0.1, -0.05) is 54.6 Å². The fraction of sp³-hybridized carbons (Fsp3) is 0.115. The molecule has 4 aromatic rings. The third-order valence-electron chi connectivity index (χ3n) is 5.70. The van der Waals surface area contributed by atoms with Crippen LogP contribution in [-0.2, 0) is 6.54 Å². The molecule has 4 heteroatoms. The van der Waals surface area contributed by atoms with Crippen molar-refractivity contribution in [3.05, 3.63) is 120 Å². The number of carbonyl (C=O) groups excluding carboxylic acids is 1. The molecule has 0 spiro atoms. The van der Waals surface area contributed by atoms with E-state index in [4.69, 9.17) is 0 Å². The Morgan fingerprint density at radius 2 is 1.57 bits per heavy atom. The van der Waals surface area contributed by atoms with E-state index in [1.807, 2.05) is 71.8 Å². The van der Waals surface area contributed by atoms with Gasteiger partial charge in [-0.25, -0.2) is 4.39 Å². The molecule has 0 aliphatic carbocycles. The van der Waals surface area contributed by atoms with Gasteiger partial charge < -0.3 is 9.47 Å². The summed E-state index contributed by atoms with van der Waals surface area (Å²) < 4.78 is 16.1. The summed E-state index contributed by atoms with van der Waals surface area (Å²) in [5, 5.41) is 0. The van der Waals surface area contributed by atoms with Crippen LogP contribution in [0.1, 0.15) is 27.7 Å². The summed E-state index contributed by atoms with van der Waals surface area (Å²) in [4.78, 5) is 15.3. The Morgan fingerprint density at radius 1 is 0.800 bits per heavy atom. The first-order chi connectivity index (χ1) is 14.7. The van der Waals surface area contributed by atoms with Crippen LogP contribution in [0.4, 0.5) is 4.39 Å². The van der Waals surface area contributed by atoms with Gasteiger partial charge in [-0.15, -0.1) is 0 Å². The minimum Gasteiger partial charge on any atom is -0.348 e. The summed E-state index contributed by atoms with van der Waals surface area (Å²) in [5.41, 5.74) is 4.60. The average molecular weight is 396 g/mol. The van der Waals surface area contributed by atoms with E-state index in [-0.39, 0.29) is 17.8 Å². The van der Waals surface area contributed by atoms with E-state index in [9.17, 15) is 9.18 Å². The largest absolute Gasteiger partial charge is 0.348 e. The lowest BCUT2D eigenvalue weighted by atomic mass is 9.98. The number of benzene rings is 3. The van der Waals surface area contributed by atoms with Gasteiger partial charge in [0, 0.05) is 30.5 Å². The summed E-state index contributed by atoms with van der Waals surface area (Å²) in [5.74, 6) is -0.341. The summed E-state index contributed by atoms with van der Waals surface area (Å²) in [6.45, 7) is 1.30. The van der Waals surface area contributed by atoms with Crippen LogP contribution in [-0.4, -0.2) is 21.9 Å². The predicted octanol–water partition coefficient (Wildman–Crippen LogP) is 5.54. The molecular weight excluding hydrogens is 375 g/mol. The highest BCUT2D eigenvalue weighted by molar-refractivity contribution is 5.95. The molecule has 1 aliphatic rings. The molecule has 0 saturated heterocycles. The Labute approximate surface area is 175 Å². The van der Waals surface area contributed by atoms with Crippen LogP contribution in [0.25, 0.3) is 11.1 Å². The zero-order valence-electron chi connectivity index (χ0n) is 16.4. The van der Waals surface area contributed by atoms with Gasteiger partial charge >= 0.3 is 0 Å². The standard InChI is InChI=1S/C26H21FN2O/c27-23-9-4-8-22(18-23)25-24-10-5-15-28(24)16-17-29(25)26(30)21-13-11-20(12-14-21)19-6-2-1-3-7-19/h1-15,18,25H,16-17H2/t25-/m0/s1. The van der Waals surface area contributed by atoms with Gasteiger partial charge in [0.05, 0.1) is 6.04 Å². The molecule has 1 atom stereocenters. The lowest BCUT2D eigenvalue weighted by Gasteiger charge is -2.37. The lowest BCUT2D eigenvalue weighted by Crippen LogP contribution is -2.42. The van der Waals surface area contributed by atoms with E-state index < -0.39 is 0 Å². The number of nitrogens with zero attached hydrogens (tertiary/aromatic N) is 2. The molecule has 30 heavy (non-hydrogen) atoms. The van der Waals surface area contributed by atoms with Gasteiger partial charge in [0.25, 0.3) is 5.91 Å². The van der Waals surface area contributed by atoms with Crippen molar-refractivity contribution in [2.75, 3.05) is 6.54 Å². The average Bonchev–Trinajstić information content (AvgIpc) is 3.27. The topological polar surface area (TPSA) is 25.2 Å². The zero-order valence-corrected chi connectivity index (χ0v) is 16.4. The van der Waals surface area contributed by atoms with Crippen molar-refractivity contribution >= 4 is 5.91 Å². The van der Waals surface area contributed by atoms with Gasteiger partial charge in [0.15, 0.2) is 0 Å². The van der Waals surface area contributed by atoms with Crippen molar-refractivity contribution in [1.29, 1.82) is 0 Å². The number of carbonyl (C=O) groups is 1. The van der Waals surface area contributed by atoms with E-state index in [1.165, 1.54) is 12.1 Å². The first-order valence-electron chi connectivity index (χ1n) is 10.1. The van der Waals surface area contributed by atoms with E-state index in [2.05, 4.69) is 16.7 Å². The maximum atomic E-state index is 14.0. The van der Waals surface area contributed by atoms with E-state index >= 15 is 0 Å². The van der Waals surface area contributed by atoms with Crippen LogP contribution >= 0.6 is 0 Å². The highest BCUT2D eigenvalue weighted by Crippen LogP contribution is 2.34. The number of rotatable bonds is 3. The Bertz CT molecular complexity index is 1180. The molecule has 0 radical (unpaired) electrons. The fourth-order valence-corrected chi connectivity index (χ4v) is 4.23. The van der Waals surface area contributed by atoms with Crippen LogP contribution in [0, 0.1) is 5.82 Å². The quantitative estimate of drug-likeness (QED) is 0.446. The maximum Gasteiger partial charge on any atom is 0.254 e. The first kappa shape index (κ1) is 18.4. The first-order valence-corrected chi connectivity index (χ1v) is 10.1. The van der Waals surface area contributed by atoms with Crippen LogP contribution in [0.2, 0.25) is 0 Å². The van der Waals surface area contributed by atoms with Gasteiger partial charge in [-0.05, 0) is 53.1 Å². The third-order valence-corrected chi connectivity index (χ3v) is 5.70. The smallest absolute Gasteiger partial charge is 0.254 e. The molecule has 148 valence electrons. The summed E-state index contributed by atoms with van der Waals surface area (Å²) in [6.07, 6.45) is 2.01. The third kappa shape index (κ3) is 3.30. The van der Waals surface area contributed by atoms with Gasteiger partial charge in [0.1, 0.15) is 5.82 Å². The predicted molar refractivity (Wildman–Crippen MR) is 116 cm³/mol. The molecule has 0 unspecified atom stereocenters. The molecule has 0 N–H and O–H groups in total. The Morgan fingerprint density at radius 3 is 2.33 bits per heavy atom. The maximum absolute atomic E-state index is 14.0. The zero-order chi connectivity index (χ0) is 20.5. The number of fused-ring (bicyclic) bond motifs is 1. The second kappa shape index (κ2) is 7.64. The number of hydrogen-bond donors (Lipinski definition) is 0. The van der Waals surface area contributed by atoms with E-state index in [1.54, 1.807) is 6.07 Å². The van der Waals surface area contributed by atoms with Crippen molar-refractivity contribution in [3.8, 4) is 11.1 Å². The molecule has 1 aliphatic heterocycles. The lowest BCUT2D eigenvalue weighted by molar-refractivity contribution is 0.0664. The number of halogens is 1. The van der Waals surface area contributed by atoms with Crippen LogP contribution in [0.5, 0.6) is 0 Å². The monoisotopic (exact) mass is 396 g/mol. The van der Waals surface area contributed by atoms with Crippen molar-refractivity contribution in [2.24, 2.45) is 0 Å².